The molecule has 0 aromatic heterocycles. The highest BCUT2D eigenvalue weighted by Crippen LogP contribution is 2.31. The van der Waals surface area contributed by atoms with Gasteiger partial charge in [-0.25, -0.2) is 0 Å². The van der Waals surface area contributed by atoms with Crippen LogP contribution in [0.2, 0.25) is 5.02 Å². The first-order chi connectivity index (χ1) is 9.61. The highest BCUT2D eigenvalue weighted by Gasteiger charge is 2.27. The highest BCUT2D eigenvalue weighted by atomic mass is 35.5. The molecular formula is C15H22ClN3O. The fourth-order valence-electron chi connectivity index (χ4n) is 2.54. The highest BCUT2D eigenvalue weighted by molar-refractivity contribution is 6.33. The van der Waals surface area contributed by atoms with Crippen LogP contribution in [0.25, 0.3) is 0 Å². The molecule has 1 aromatic rings. The first-order valence-electron chi connectivity index (χ1n) is 7.15. The number of nitrogens with zero attached hydrogens (tertiary/aromatic N) is 1. The molecule has 0 aliphatic carbocycles. The van der Waals surface area contributed by atoms with Crippen molar-refractivity contribution in [3.8, 4) is 0 Å². The van der Waals surface area contributed by atoms with E-state index in [0.717, 1.165) is 43.2 Å². The lowest BCUT2D eigenvalue weighted by Gasteiger charge is -2.20. The van der Waals surface area contributed by atoms with Crippen LogP contribution in [0.3, 0.4) is 0 Å². The van der Waals surface area contributed by atoms with E-state index in [1.807, 2.05) is 12.1 Å². The fraction of sp³-hybridized carbons (Fsp3) is 0.533. The number of nitrogens with one attached hydrogen (secondary N) is 1. The predicted octanol–water partition coefficient (Wildman–Crippen LogP) is 2.15. The molecule has 1 aromatic carbocycles. The minimum absolute atomic E-state index is 0.0584. The summed E-state index contributed by atoms with van der Waals surface area (Å²) in [6.45, 7) is 5.48. The van der Waals surface area contributed by atoms with Gasteiger partial charge in [0, 0.05) is 19.6 Å². The van der Waals surface area contributed by atoms with E-state index in [9.17, 15) is 4.79 Å². The number of halogens is 1. The van der Waals surface area contributed by atoms with Crippen molar-refractivity contribution in [2.75, 3.05) is 24.5 Å². The van der Waals surface area contributed by atoms with Crippen molar-refractivity contribution >= 4 is 23.2 Å². The van der Waals surface area contributed by atoms with Crippen LogP contribution in [0, 0.1) is 5.92 Å². The Kier molecular flexibility index (Phi) is 5.26. The summed E-state index contributed by atoms with van der Waals surface area (Å²) < 4.78 is 0. The zero-order chi connectivity index (χ0) is 14.5. The summed E-state index contributed by atoms with van der Waals surface area (Å²) in [5, 5.41) is 4.10. The van der Waals surface area contributed by atoms with Gasteiger partial charge in [-0.05, 0) is 37.1 Å². The van der Waals surface area contributed by atoms with Crippen molar-refractivity contribution < 1.29 is 4.79 Å². The van der Waals surface area contributed by atoms with Crippen molar-refractivity contribution in [2.45, 2.75) is 26.3 Å². The Labute approximate surface area is 125 Å². The molecule has 0 saturated carbocycles. The number of nitrogens with two attached hydrogens (primary N) is 1. The van der Waals surface area contributed by atoms with E-state index in [4.69, 9.17) is 17.3 Å². The maximum Gasteiger partial charge on any atom is 0.222 e. The maximum atomic E-state index is 11.2. The SMILES string of the molecule is CCCNCc1ccc(N2CCC(C(N)=O)C2)c(Cl)c1. The first-order valence-corrected chi connectivity index (χ1v) is 7.53. The van der Waals surface area contributed by atoms with Crippen LogP contribution in [0.1, 0.15) is 25.3 Å². The van der Waals surface area contributed by atoms with Gasteiger partial charge in [-0.2, -0.15) is 0 Å². The van der Waals surface area contributed by atoms with Crippen molar-refractivity contribution in [2.24, 2.45) is 11.7 Å². The van der Waals surface area contributed by atoms with Crippen LogP contribution < -0.4 is 16.0 Å². The average molecular weight is 296 g/mol. The van der Waals surface area contributed by atoms with Crippen molar-refractivity contribution in [3.05, 3.63) is 28.8 Å². The van der Waals surface area contributed by atoms with Gasteiger partial charge in [-0.1, -0.05) is 24.6 Å². The van der Waals surface area contributed by atoms with Crippen molar-refractivity contribution in [1.29, 1.82) is 0 Å². The van der Waals surface area contributed by atoms with Gasteiger partial charge < -0.3 is 16.0 Å². The number of hydrogen-bond donors (Lipinski definition) is 2. The lowest BCUT2D eigenvalue weighted by Crippen LogP contribution is -2.27. The Hall–Kier alpha value is -1.26. The van der Waals surface area contributed by atoms with E-state index in [1.165, 1.54) is 5.56 Å². The zero-order valence-corrected chi connectivity index (χ0v) is 12.6. The standard InChI is InChI=1S/C15H22ClN3O/c1-2-6-18-9-11-3-4-14(13(16)8-11)19-7-5-12(10-19)15(17)20/h3-4,8,12,18H,2,5-7,9-10H2,1H3,(H2,17,20). The van der Waals surface area contributed by atoms with E-state index < -0.39 is 0 Å². The Morgan fingerprint density at radius 2 is 2.35 bits per heavy atom. The molecular weight excluding hydrogens is 274 g/mol. The van der Waals surface area contributed by atoms with Crippen LogP contribution in [-0.4, -0.2) is 25.5 Å². The van der Waals surface area contributed by atoms with Gasteiger partial charge in [-0.3, -0.25) is 4.79 Å². The Bertz CT molecular complexity index is 478. The molecule has 1 aliphatic heterocycles. The average Bonchev–Trinajstić information content (AvgIpc) is 2.89. The van der Waals surface area contributed by atoms with E-state index in [1.54, 1.807) is 0 Å². The van der Waals surface area contributed by atoms with Gasteiger partial charge in [0.1, 0.15) is 0 Å². The normalized spacial score (nSPS) is 18.5. The number of carbonyl (C=O) groups is 1. The van der Waals surface area contributed by atoms with E-state index >= 15 is 0 Å². The first kappa shape index (κ1) is 15.1. The van der Waals surface area contributed by atoms with E-state index in [0.29, 0.717) is 6.54 Å². The third-order valence-corrected chi connectivity index (χ3v) is 4.00. The van der Waals surface area contributed by atoms with Gasteiger partial charge >= 0.3 is 0 Å². The summed E-state index contributed by atoms with van der Waals surface area (Å²) in [7, 11) is 0. The Balaban J connectivity index is 2.01. The summed E-state index contributed by atoms with van der Waals surface area (Å²) in [6.07, 6.45) is 1.93. The maximum absolute atomic E-state index is 11.2. The molecule has 1 aliphatic rings. The summed E-state index contributed by atoms with van der Waals surface area (Å²) >= 11 is 6.36. The smallest absolute Gasteiger partial charge is 0.222 e. The van der Waals surface area contributed by atoms with Gasteiger partial charge in [0.05, 0.1) is 16.6 Å². The molecule has 3 N–H and O–H groups in total. The Morgan fingerprint density at radius 1 is 1.55 bits per heavy atom. The number of benzene rings is 1. The molecule has 1 heterocycles. The second kappa shape index (κ2) is 6.95. The number of hydrogen-bond acceptors (Lipinski definition) is 3. The predicted molar refractivity (Wildman–Crippen MR) is 83.0 cm³/mol. The zero-order valence-electron chi connectivity index (χ0n) is 11.9. The van der Waals surface area contributed by atoms with Crippen molar-refractivity contribution in [1.82, 2.24) is 5.32 Å². The molecule has 1 amide bonds. The number of primary amides is 1. The van der Waals surface area contributed by atoms with Crippen LogP contribution in [0.15, 0.2) is 18.2 Å². The third kappa shape index (κ3) is 3.64. The van der Waals surface area contributed by atoms with Gasteiger partial charge in [0.25, 0.3) is 0 Å². The molecule has 20 heavy (non-hydrogen) atoms. The molecule has 1 atom stereocenters. The molecule has 1 fully saturated rings. The fourth-order valence-corrected chi connectivity index (χ4v) is 2.86. The van der Waals surface area contributed by atoms with Crippen LogP contribution in [-0.2, 0) is 11.3 Å². The number of carbonyl (C=O) groups excluding carboxylic acids is 1. The molecule has 0 bridgehead atoms. The monoisotopic (exact) mass is 295 g/mol. The number of anilines is 1. The lowest BCUT2D eigenvalue weighted by atomic mass is 10.1. The molecule has 1 unspecified atom stereocenters. The molecule has 1 saturated heterocycles. The second-order valence-corrected chi connectivity index (χ2v) is 5.70. The van der Waals surface area contributed by atoms with Crippen LogP contribution in [0.4, 0.5) is 5.69 Å². The van der Waals surface area contributed by atoms with E-state index in [2.05, 4.69) is 23.2 Å². The molecule has 2 rings (SSSR count). The van der Waals surface area contributed by atoms with E-state index in [-0.39, 0.29) is 11.8 Å². The molecule has 110 valence electrons. The molecule has 5 heteroatoms. The molecule has 0 spiro atoms. The Morgan fingerprint density at radius 3 is 2.95 bits per heavy atom. The summed E-state index contributed by atoms with van der Waals surface area (Å²) in [4.78, 5) is 13.4. The van der Waals surface area contributed by atoms with Crippen LogP contribution >= 0.6 is 11.6 Å². The minimum atomic E-state index is -0.219. The second-order valence-electron chi connectivity index (χ2n) is 5.30. The van der Waals surface area contributed by atoms with Crippen molar-refractivity contribution in [3.63, 3.8) is 0 Å². The van der Waals surface area contributed by atoms with Gasteiger partial charge in [0.2, 0.25) is 5.91 Å². The molecule has 0 radical (unpaired) electrons. The van der Waals surface area contributed by atoms with Crippen LogP contribution in [0.5, 0.6) is 0 Å². The summed E-state index contributed by atoms with van der Waals surface area (Å²) in [5.74, 6) is -0.277. The quantitative estimate of drug-likeness (QED) is 0.791. The number of amides is 1. The minimum Gasteiger partial charge on any atom is -0.370 e. The lowest BCUT2D eigenvalue weighted by molar-refractivity contribution is -0.121. The largest absolute Gasteiger partial charge is 0.370 e. The summed E-state index contributed by atoms with van der Waals surface area (Å²) in [6, 6.07) is 6.12. The third-order valence-electron chi connectivity index (χ3n) is 3.70. The van der Waals surface area contributed by atoms with Gasteiger partial charge in [0.15, 0.2) is 0 Å². The summed E-state index contributed by atoms with van der Waals surface area (Å²) in [5.41, 5.74) is 7.53. The van der Waals surface area contributed by atoms with Gasteiger partial charge in [-0.15, -0.1) is 0 Å². The topological polar surface area (TPSA) is 58.4 Å². The molecule has 4 nitrogen and oxygen atoms in total. The number of rotatable bonds is 6.